The van der Waals surface area contributed by atoms with Crippen LogP contribution in [0.1, 0.15) is 17.9 Å². The van der Waals surface area contributed by atoms with Crippen molar-refractivity contribution >= 4 is 39.1 Å². The van der Waals surface area contributed by atoms with Crippen LogP contribution in [0.25, 0.3) is 0 Å². The molecule has 1 aliphatic carbocycles. The van der Waals surface area contributed by atoms with Gasteiger partial charge in [-0.15, -0.1) is 0 Å². The first kappa shape index (κ1) is 19.7. The molecule has 148 valence electrons. The summed E-state index contributed by atoms with van der Waals surface area (Å²) in [5.41, 5.74) is 1.02. The van der Waals surface area contributed by atoms with E-state index in [9.17, 15) is 13.2 Å². The molecule has 8 heteroatoms. The number of hydrogen-bond donors (Lipinski definition) is 0. The molecule has 0 spiro atoms. The Hall–Kier alpha value is -1.60. The van der Waals surface area contributed by atoms with E-state index in [-0.39, 0.29) is 40.8 Å². The van der Waals surface area contributed by atoms with Crippen LogP contribution in [-0.2, 0) is 14.8 Å². The average molecular weight is 439 g/mol. The molecule has 4 rings (SSSR count). The molecule has 1 saturated heterocycles. The predicted octanol–water partition coefficient (Wildman–Crippen LogP) is 3.63. The fourth-order valence-electron chi connectivity index (χ4n) is 3.76. The third-order valence-corrected chi connectivity index (χ3v) is 8.16. The average Bonchev–Trinajstić information content (AvgIpc) is 3.48. The molecule has 5 nitrogen and oxygen atoms in total. The van der Waals surface area contributed by atoms with Gasteiger partial charge in [0.25, 0.3) is 0 Å². The van der Waals surface area contributed by atoms with Crippen molar-refractivity contribution in [2.24, 2.45) is 5.92 Å². The van der Waals surface area contributed by atoms with Crippen molar-refractivity contribution < 1.29 is 13.2 Å². The van der Waals surface area contributed by atoms with Crippen LogP contribution in [-0.4, -0.2) is 49.7 Å². The molecule has 28 heavy (non-hydrogen) atoms. The van der Waals surface area contributed by atoms with Crippen molar-refractivity contribution in [3.05, 3.63) is 64.1 Å². The zero-order valence-electron chi connectivity index (χ0n) is 15.1. The number of carbonyl (C=O) groups excluding carboxylic acids is 1. The molecule has 1 aliphatic heterocycles. The fourth-order valence-corrected chi connectivity index (χ4v) is 5.96. The Morgan fingerprint density at radius 1 is 0.893 bits per heavy atom. The van der Waals surface area contributed by atoms with Gasteiger partial charge in [-0.05, 0) is 36.1 Å². The lowest BCUT2D eigenvalue weighted by molar-refractivity contribution is -0.133. The number of rotatable bonds is 4. The highest BCUT2D eigenvalue weighted by atomic mass is 35.5. The lowest BCUT2D eigenvalue weighted by atomic mass is 10.1. The topological polar surface area (TPSA) is 57.7 Å². The van der Waals surface area contributed by atoms with Gasteiger partial charge in [0.05, 0.1) is 5.02 Å². The van der Waals surface area contributed by atoms with Crippen LogP contribution in [0.2, 0.25) is 10.0 Å². The predicted molar refractivity (Wildman–Crippen MR) is 109 cm³/mol. The number of hydrogen-bond acceptors (Lipinski definition) is 3. The van der Waals surface area contributed by atoms with Gasteiger partial charge in [-0.3, -0.25) is 4.79 Å². The molecular weight excluding hydrogens is 419 g/mol. The van der Waals surface area contributed by atoms with Crippen LogP contribution < -0.4 is 0 Å². The summed E-state index contributed by atoms with van der Waals surface area (Å²) < 4.78 is 27.1. The number of carbonyl (C=O) groups is 1. The monoisotopic (exact) mass is 438 g/mol. The molecule has 1 heterocycles. The first-order valence-electron chi connectivity index (χ1n) is 9.17. The van der Waals surface area contributed by atoms with Gasteiger partial charge in [0.15, 0.2) is 0 Å². The highest BCUT2D eigenvalue weighted by molar-refractivity contribution is 7.89. The van der Waals surface area contributed by atoms with Gasteiger partial charge in [-0.2, -0.15) is 4.31 Å². The minimum atomic E-state index is -3.66. The Balaban J connectivity index is 1.39. The minimum Gasteiger partial charge on any atom is -0.340 e. The maximum Gasteiger partial charge on any atom is 0.244 e. The van der Waals surface area contributed by atoms with Crippen LogP contribution in [0.15, 0.2) is 53.4 Å². The minimum absolute atomic E-state index is 0.0633. The van der Waals surface area contributed by atoms with Gasteiger partial charge in [-0.1, -0.05) is 53.5 Å². The molecule has 0 bridgehead atoms. The number of sulfonamides is 1. The van der Waals surface area contributed by atoms with Crippen LogP contribution >= 0.6 is 23.2 Å². The number of amides is 1. The van der Waals surface area contributed by atoms with Crippen LogP contribution in [0.5, 0.6) is 0 Å². The lowest BCUT2D eigenvalue weighted by Crippen LogP contribution is -2.51. The molecule has 2 aliphatic rings. The molecule has 1 amide bonds. The van der Waals surface area contributed by atoms with E-state index in [2.05, 4.69) is 0 Å². The molecule has 0 N–H and O–H groups in total. The van der Waals surface area contributed by atoms with E-state index in [0.29, 0.717) is 18.1 Å². The van der Waals surface area contributed by atoms with Gasteiger partial charge in [0, 0.05) is 37.1 Å². The molecule has 0 aromatic heterocycles. The normalized spacial score (nSPS) is 22.9. The van der Waals surface area contributed by atoms with Gasteiger partial charge in [0.2, 0.25) is 15.9 Å². The van der Waals surface area contributed by atoms with E-state index in [1.54, 1.807) is 23.1 Å². The van der Waals surface area contributed by atoms with Gasteiger partial charge >= 0.3 is 0 Å². The quantitative estimate of drug-likeness (QED) is 0.731. The van der Waals surface area contributed by atoms with E-state index in [1.807, 2.05) is 24.3 Å². The van der Waals surface area contributed by atoms with Crippen molar-refractivity contribution in [1.29, 1.82) is 0 Å². The Labute approximate surface area is 174 Å². The van der Waals surface area contributed by atoms with Gasteiger partial charge < -0.3 is 4.90 Å². The SMILES string of the molecule is O=C(C1CC1c1ccccc1Cl)N1CCN(S(=O)(=O)c2ccccc2Cl)CC1. The van der Waals surface area contributed by atoms with Gasteiger partial charge in [-0.25, -0.2) is 8.42 Å². The Kier molecular flexibility index (Phi) is 5.40. The summed E-state index contributed by atoms with van der Waals surface area (Å²) in [5, 5.41) is 0.903. The van der Waals surface area contributed by atoms with Crippen molar-refractivity contribution in [1.82, 2.24) is 9.21 Å². The lowest BCUT2D eigenvalue weighted by Gasteiger charge is -2.34. The number of halogens is 2. The maximum absolute atomic E-state index is 12.8. The zero-order valence-corrected chi connectivity index (χ0v) is 17.4. The Bertz CT molecular complexity index is 1000. The second-order valence-electron chi connectivity index (χ2n) is 7.13. The highest BCUT2D eigenvalue weighted by Crippen LogP contribution is 2.50. The number of benzene rings is 2. The first-order valence-corrected chi connectivity index (χ1v) is 11.4. The van der Waals surface area contributed by atoms with Crippen LogP contribution in [0.4, 0.5) is 0 Å². The second-order valence-corrected chi connectivity index (χ2v) is 9.85. The summed E-state index contributed by atoms with van der Waals surface area (Å²) >= 11 is 12.3. The number of nitrogens with zero attached hydrogens (tertiary/aromatic N) is 2. The molecule has 2 aromatic carbocycles. The Morgan fingerprint density at radius 2 is 1.50 bits per heavy atom. The highest BCUT2D eigenvalue weighted by Gasteiger charge is 2.47. The van der Waals surface area contributed by atoms with Crippen molar-refractivity contribution in [3.8, 4) is 0 Å². The fraction of sp³-hybridized carbons (Fsp3) is 0.350. The van der Waals surface area contributed by atoms with E-state index in [4.69, 9.17) is 23.2 Å². The molecular formula is C20H20Cl2N2O3S. The summed E-state index contributed by atoms with van der Waals surface area (Å²) in [5.74, 6) is 0.178. The summed E-state index contributed by atoms with van der Waals surface area (Å²) in [6, 6.07) is 14.0. The van der Waals surface area contributed by atoms with E-state index in [1.165, 1.54) is 10.4 Å². The van der Waals surface area contributed by atoms with Gasteiger partial charge in [0.1, 0.15) is 4.90 Å². The smallest absolute Gasteiger partial charge is 0.244 e. The molecule has 1 saturated carbocycles. The number of piperazine rings is 1. The molecule has 2 atom stereocenters. The van der Waals surface area contributed by atoms with E-state index < -0.39 is 10.0 Å². The Morgan fingerprint density at radius 3 is 2.14 bits per heavy atom. The molecule has 2 unspecified atom stereocenters. The standard InChI is InChI=1S/C20H20Cl2N2O3S/c21-17-6-2-1-5-14(17)15-13-16(15)20(25)23-9-11-24(12-10-23)28(26,27)19-8-4-3-7-18(19)22/h1-8,15-16H,9-13H2. The van der Waals surface area contributed by atoms with Crippen molar-refractivity contribution in [3.63, 3.8) is 0 Å². The zero-order chi connectivity index (χ0) is 19.9. The van der Waals surface area contributed by atoms with Crippen molar-refractivity contribution in [2.75, 3.05) is 26.2 Å². The third-order valence-electron chi connectivity index (χ3n) is 5.42. The first-order chi connectivity index (χ1) is 13.4. The third kappa shape index (κ3) is 3.66. The maximum atomic E-state index is 12.8. The van der Waals surface area contributed by atoms with E-state index >= 15 is 0 Å². The molecule has 0 radical (unpaired) electrons. The summed E-state index contributed by atoms with van der Waals surface area (Å²) in [6.07, 6.45) is 0.792. The van der Waals surface area contributed by atoms with Crippen LogP contribution in [0, 0.1) is 5.92 Å². The second kappa shape index (κ2) is 7.67. The summed E-state index contributed by atoms with van der Waals surface area (Å²) in [7, 11) is -3.66. The summed E-state index contributed by atoms with van der Waals surface area (Å²) in [6.45, 7) is 1.30. The van der Waals surface area contributed by atoms with E-state index in [0.717, 1.165) is 12.0 Å². The molecule has 2 aromatic rings. The van der Waals surface area contributed by atoms with Crippen molar-refractivity contribution in [2.45, 2.75) is 17.2 Å². The summed E-state index contributed by atoms with van der Waals surface area (Å²) in [4.78, 5) is 14.7. The largest absolute Gasteiger partial charge is 0.340 e. The van der Waals surface area contributed by atoms with Crippen LogP contribution in [0.3, 0.4) is 0 Å². The molecule has 2 fully saturated rings.